The number of aryl methyl sites for hydroxylation is 1. The van der Waals surface area contributed by atoms with Crippen molar-refractivity contribution in [3.63, 3.8) is 0 Å². The minimum Gasteiger partial charge on any atom is -0.398 e. The molecule has 0 radical (unpaired) electrons. The van der Waals surface area contributed by atoms with Gasteiger partial charge < -0.3 is 15.3 Å². The van der Waals surface area contributed by atoms with E-state index in [4.69, 9.17) is 5.73 Å². The monoisotopic (exact) mass is 239 g/mol. The van der Waals surface area contributed by atoms with Crippen LogP contribution in [0.25, 0.3) is 22.3 Å². The Balaban J connectivity index is 2.26. The molecule has 3 rings (SSSR count). The van der Waals surface area contributed by atoms with Crippen LogP contribution in [0.15, 0.2) is 30.3 Å². The first-order chi connectivity index (χ1) is 8.58. The molecule has 0 saturated carbocycles. The summed E-state index contributed by atoms with van der Waals surface area (Å²) in [5, 5.41) is 1.09. The maximum atomic E-state index is 5.99. The van der Waals surface area contributed by atoms with Gasteiger partial charge in [-0.2, -0.15) is 0 Å². The van der Waals surface area contributed by atoms with Crippen LogP contribution in [0.5, 0.6) is 0 Å². The van der Waals surface area contributed by atoms with E-state index in [-0.39, 0.29) is 0 Å². The van der Waals surface area contributed by atoms with E-state index in [1.807, 2.05) is 12.1 Å². The number of hydrogen-bond donors (Lipinski definition) is 2. The first kappa shape index (κ1) is 11.0. The Morgan fingerprint density at radius 1 is 1.17 bits per heavy atom. The largest absolute Gasteiger partial charge is 0.398 e. The highest BCUT2D eigenvalue weighted by Crippen LogP contribution is 2.29. The highest BCUT2D eigenvalue weighted by molar-refractivity contribution is 5.94. The van der Waals surface area contributed by atoms with Gasteiger partial charge in [0.1, 0.15) is 0 Å². The van der Waals surface area contributed by atoms with Crippen LogP contribution in [0.3, 0.4) is 0 Å². The van der Waals surface area contributed by atoms with Gasteiger partial charge in [0.2, 0.25) is 0 Å². The highest BCUT2D eigenvalue weighted by atomic mass is 15.0. The molecule has 3 aromatic rings. The van der Waals surface area contributed by atoms with Crippen LogP contribution in [-0.2, 0) is 7.05 Å². The van der Waals surface area contributed by atoms with Crippen LogP contribution >= 0.6 is 0 Å². The summed E-state index contributed by atoms with van der Waals surface area (Å²) in [7, 11) is 2.09. The minimum absolute atomic E-state index is 0.817. The van der Waals surface area contributed by atoms with Crippen molar-refractivity contribution in [3.05, 3.63) is 41.6 Å². The molecule has 3 nitrogen and oxygen atoms in total. The SMILES string of the molecule is Cc1cc(-c2cc3c(N)cccc3[nH]2)n(C)c1C. The molecule has 0 amide bonds. The molecule has 0 fully saturated rings. The third-order valence-electron chi connectivity index (χ3n) is 3.76. The summed E-state index contributed by atoms with van der Waals surface area (Å²) in [4.78, 5) is 3.43. The smallest absolute Gasteiger partial charge is 0.0648 e. The van der Waals surface area contributed by atoms with Crippen LogP contribution in [0, 0.1) is 13.8 Å². The van der Waals surface area contributed by atoms with E-state index in [2.05, 4.69) is 48.6 Å². The van der Waals surface area contributed by atoms with Crippen molar-refractivity contribution in [3.8, 4) is 11.4 Å². The quantitative estimate of drug-likeness (QED) is 0.628. The lowest BCUT2D eigenvalue weighted by Crippen LogP contribution is -1.94. The number of nitrogens with one attached hydrogen (secondary N) is 1. The van der Waals surface area contributed by atoms with Crippen molar-refractivity contribution >= 4 is 16.6 Å². The van der Waals surface area contributed by atoms with Gasteiger partial charge in [0.15, 0.2) is 0 Å². The number of nitrogen functional groups attached to an aromatic ring is 1. The molecule has 0 aliphatic carbocycles. The predicted molar refractivity (Wildman–Crippen MR) is 76.6 cm³/mol. The van der Waals surface area contributed by atoms with Gasteiger partial charge in [0.05, 0.1) is 11.4 Å². The zero-order valence-electron chi connectivity index (χ0n) is 10.9. The topological polar surface area (TPSA) is 46.7 Å². The zero-order valence-corrected chi connectivity index (χ0v) is 10.9. The van der Waals surface area contributed by atoms with Gasteiger partial charge in [-0.05, 0) is 43.7 Å². The summed E-state index contributed by atoms with van der Waals surface area (Å²) in [6, 6.07) is 10.3. The van der Waals surface area contributed by atoms with Crippen LogP contribution in [0.4, 0.5) is 5.69 Å². The molecular formula is C15H17N3. The second-order valence-corrected chi connectivity index (χ2v) is 4.85. The molecule has 0 atom stereocenters. The van der Waals surface area contributed by atoms with Crippen LogP contribution in [0.1, 0.15) is 11.3 Å². The number of aromatic amines is 1. The van der Waals surface area contributed by atoms with E-state index in [9.17, 15) is 0 Å². The first-order valence-corrected chi connectivity index (χ1v) is 6.08. The summed E-state index contributed by atoms with van der Waals surface area (Å²) < 4.78 is 2.20. The van der Waals surface area contributed by atoms with Crippen molar-refractivity contribution in [2.75, 3.05) is 5.73 Å². The van der Waals surface area contributed by atoms with Gasteiger partial charge in [-0.25, -0.2) is 0 Å². The Hall–Kier alpha value is -2.16. The molecule has 0 aliphatic heterocycles. The van der Waals surface area contributed by atoms with Gasteiger partial charge in [-0.1, -0.05) is 6.07 Å². The summed E-state index contributed by atoms with van der Waals surface area (Å²) in [5.74, 6) is 0. The molecule has 0 saturated heterocycles. The Bertz CT molecular complexity index is 732. The zero-order chi connectivity index (χ0) is 12.9. The summed E-state index contributed by atoms with van der Waals surface area (Å²) in [6.45, 7) is 4.27. The van der Waals surface area contributed by atoms with Crippen molar-refractivity contribution in [1.29, 1.82) is 0 Å². The van der Waals surface area contributed by atoms with Crippen LogP contribution in [-0.4, -0.2) is 9.55 Å². The van der Waals surface area contributed by atoms with Gasteiger partial charge in [-0.15, -0.1) is 0 Å². The fraction of sp³-hybridized carbons (Fsp3) is 0.200. The van der Waals surface area contributed by atoms with Crippen molar-refractivity contribution in [1.82, 2.24) is 9.55 Å². The highest BCUT2D eigenvalue weighted by Gasteiger charge is 2.11. The lowest BCUT2D eigenvalue weighted by Gasteiger charge is -2.02. The molecule has 1 aromatic carbocycles. The number of nitrogens with two attached hydrogens (primary N) is 1. The van der Waals surface area contributed by atoms with Gasteiger partial charge in [0.25, 0.3) is 0 Å². The number of fused-ring (bicyclic) bond motifs is 1. The lowest BCUT2D eigenvalue weighted by atomic mass is 10.2. The second-order valence-electron chi connectivity index (χ2n) is 4.85. The molecule has 0 spiro atoms. The fourth-order valence-electron chi connectivity index (χ4n) is 2.43. The number of hydrogen-bond acceptors (Lipinski definition) is 1. The Kier molecular flexibility index (Phi) is 2.23. The molecule has 3 N–H and O–H groups in total. The minimum atomic E-state index is 0.817. The number of benzene rings is 1. The third kappa shape index (κ3) is 1.44. The lowest BCUT2D eigenvalue weighted by molar-refractivity contribution is 0.882. The molecular weight excluding hydrogens is 222 g/mol. The molecule has 18 heavy (non-hydrogen) atoms. The standard InChI is InChI=1S/C15H17N3/c1-9-7-15(18(3)10(9)2)14-8-11-12(16)5-4-6-13(11)17-14/h4-8,17H,16H2,1-3H3. The molecule has 2 aromatic heterocycles. The third-order valence-corrected chi connectivity index (χ3v) is 3.76. The summed E-state index contributed by atoms with van der Waals surface area (Å²) in [6.07, 6.45) is 0. The van der Waals surface area contributed by atoms with E-state index in [1.54, 1.807) is 0 Å². The van der Waals surface area contributed by atoms with E-state index in [0.29, 0.717) is 0 Å². The second kappa shape index (κ2) is 3.67. The summed E-state index contributed by atoms with van der Waals surface area (Å²) >= 11 is 0. The number of aromatic nitrogens is 2. The number of H-pyrrole nitrogens is 1. The Labute approximate surface area is 106 Å². The molecule has 0 aliphatic rings. The molecule has 2 heterocycles. The number of rotatable bonds is 1. The van der Waals surface area contributed by atoms with E-state index in [0.717, 1.165) is 22.3 Å². The predicted octanol–water partition coefficient (Wildman–Crippen LogP) is 3.37. The van der Waals surface area contributed by atoms with Crippen LogP contribution in [0.2, 0.25) is 0 Å². The van der Waals surface area contributed by atoms with Gasteiger partial charge >= 0.3 is 0 Å². The average molecular weight is 239 g/mol. The first-order valence-electron chi connectivity index (χ1n) is 6.08. The van der Waals surface area contributed by atoms with Crippen molar-refractivity contribution < 1.29 is 0 Å². The maximum absolute atomic E-state index is 5.99. The molecule has 0 unspecified atom stereocenters. The average Bonchev–Trinajstić information content (AvgIpc) is 2.88. The van der Waals surface area contributed by atoms with Crippen LogP contribution < -0.4 is 5.73 Å². The van der Waals surface area contributed by atoms with Gasteiger partial charge in [-0.3, -0.25) is 0 Å². The Morgan fingerprint density at radius 3 is 2.56 bits per heavy atom. The fourth-order valence-corrected chi connectivity index (χ4v) is 2.43. The number of nitrogens with zero attached hydrogens (tertiary/aromatic N) is 1. The maximum Gasteiger partial charge on any atom is 0.0648 e. The van der Waals surface area contributed by atoms with E-state index in [1.165, 1.54) is 17.0 Å². The molecule has 92 valence electrons. The van der Waals surface area contributed by atoms with Crippen molar-refractivity contribution in [2.24, 2.45) is 7.05 Å². The Morgan fingerprint density at radius 2 is 1.94 bits per heavy atom. The molecule has 3 heteroatoms. The summed E-state index contributed by atoms with van der Waals surface area (Å²) in [5.41, 5.74) is 12.8. The van der Waals surface area contributed by atoms with E-state index >= 15 is 0 Å². The van der Waals surface area contributed by atoms with E-state index < -0.39 is 0 Å². The molecule has 0 bridgehead atoms. The van der Waals surface area contributed by atoms with Crippen molar-refractivity contribution in [2.45, 2.75) is 13.8 Å². The normalized spacial score (nSPS) is 11.3. The van der Waals surface area contributed by atoms with Gasteiger partial charge in [0, 0.05) is 29.3 Å². The number of anilines is 1.